The number of rotatable bonds is 4. The van der Waals surface area contributed by atoms with Crippen molar-refractivity contribution in [2.75, 3.05) is 0 Å². The molecule has 9 heteroatoms. The first kappa shape index (κ1) is 13.5. The van der Waals surface area contributed by atoms with Gasteiger partial charge in [0.05, 0.1) is 5.69 Å². The lowest BCUT2D eigenvalue weighted by Gasteiger charge is -2.01. The van der Waals surface area contributed by atoms with E-state index in [0.717, 1.165) is 22.6 Å². The molecular formula is C16H11N7O2. The molecule has 5 heterocycles. The first-order chi connectivity index (χ1) is 12.4. The SMILES string of the molecule is c1cc(-c2c(-c3ncc[nH]3)c[nH]c2-c2nc(-c3ccon3)co2)[nH]n1. The summed E-state index contributed by atoms with van der Waals surface area (Å²) in [4.78, 5) is 15.2. The molecule has 3 N–H and O–H groups in total. The fourth-order valence-corrected chi connectivity index (χ4v) is 2.72. The number of aromatic nitrogens is 7. The van der Waals surface area contributed by atoms with Crippen molar-refractivity contribution in [2.24, 2.45) is 0 Å². The minimum Gasteiger partial charge on any atom is -0.443 e. The van der Waals surface area contributed by atoms with Crippen molar-refractivity contribution in [1.29, 1.82) is 0 Å². The molecule has 0 unspecified atom stereocenters. The maximum atomic E-state index is 5.65. The predicted molar refractivity (Wildman–Crippen MR) is 87.0 cm³/mol. The highest BCUT2D eigenvalue weighted by molar-refractivity contribution is 5.88. The van der Waals surface area contributed by atoms with Crippen molar-refractivity contribution >= 4 is 0 Å². The van der Waals surface area contributed by atoms with Gasteiger partial charge in [0, 0.05) is 42.0 Å². The Bertz CT molecular complexity index is 1090. The van der Waals surface area contributed by atoms with Gasteiger partial charge in [0.2, 0.25) is 5.89 Å². The summed E-state index contributed by atoms with van der Waals surface area (Å²) in [5, 5.41) is 10.9. The van der Waals surface area contributed by atoms with Crippen LogP contribution in [-0.2, 0) is 0 Å². The fraction of sp³-hybridized carbons (Fsp3) is 0. The van der Waals surface area contributed by atoms with Crippen molar-refractivity contribution in [1.82, 2.24) is 35.3 Å². The van der Waals surface area contributed by atoms with E-state index in [1.54, 1.807) is 24.7 Å². The normalized spacial score (nSPS) is 11.2. The van der Waals surface area contributed by atoms with Crippen LogP contribution in [0, 0.1) is 0 Å². The van der Waals surface area contributed by atoms with E-state index < -0.39 is 0 Å². The van der Waals surface area contributed by atoms with E-state index in [2.05, 4.69) is 35.3 Å². The average molecular weight is 333 g/mol. The molecule has 0 amide bonds. The number of oxazole rings is 1. The van der Waals surface area contributed by atoms with E-state index in [1.807, 2.05) is 12.3 Å². The third kappa shape index (κ3) is 2.17. The van der Waals surface area contributed by atoms with Crippen molar-refractivity contribution in [3.63, 3.8) is 0 Å². The molecule has 9 nitrogen and oxygen atoms in total. The molecule has 122 valence electrons. The lowest BCUT2D eigenvalue weighted by molar-refractivity contribution is 0.422. The van der Waals surface area contributed by atoms with E-state index >= 15 is 0 Å². The fourth-order valence-electron chi connectivity index (χ4n) is 2.72. The molecule has 0 saturated carbocycles. The van der Waals surface area contributed by atoms with Gasteiger partial charge in [0.25, 0.3) is 0 Å². The minimum atomic E-state index is 0.431. The molecule has 0 aliphatic rings. The number of hydrogen-bond donors (Lipinski definition) is 3. The molecule has 0 saturated heterocycles. The lowest BCUT2D eigenvalue weighted by atomic mass is 10.1. The summed E-state index contributed by atoms with van der Waals surface area (Å²) in [6.45, 7) is 0. The quantitative estimate of drug-likeness (QED) is 0.464. The highest BCUT2D eigenvalue weighted by Gasteiger charge is 2.22. The van der Waals surface area contributed by atoms with Crippen molar-refractivity contribution in [2.45, 2.75) is 0 Å². The lowest BCUT2D eigenvalue weighted by Crippen LogP contribution is -1.87. The van der Waals surface area contributed by atoms with E-state index in [1.165, 1.54) is 12.5 Å². The summed E-state index contributed by atoms with van der Waals surface area (Å²) >= 11 is 0. The van der Waals surface area contributed by atoms with Crippen molar-refractivity contribution in [3.8, 4) is 45.6 Å². The largest absolute Gasteiger partial charge is 0.443 e. The van der Waals surface area contributed by atoms with Crippen LogP contribution in [-0.4, -0.2) is 35.3 Å². The van der Waals surface area contributed by atoms with Crippen LogP contribution in [0.1, 0.15) is 0 Å². The van der Waals surface area contributed by atoms with Gasteiger partial charge >= 0.3 is 0 Å². The molecular weight excluding hydrogens is 322 g/mol. The number of hydrogen-bond acceptors (Lipinski definition) is 6. The third-order valence-electron chi connectivity index (χ3n) is 3.82. The Morgan fingerprint density at radius 3 is 2.80 bits per heavy atom. The van der Waals surface area contributed by atoms with E-state index in [4.69, 9.17) is 8.94 Å². The third-order valence-corrected chi connectivity index (χ3v) is 3.82. The summed E-state index contributed by atoms with van der Waals surface area (Å²) in [5.74, 6) is 1.16. The molecule has 0 fully saturated rings. The van der Waals surface area contributed by atoms with Gasteiger partial charge in [-0.3, -0.25) is 5.10 Å². The van der Waals surface area contributed by atoms with Gasteiger partial charge < -0.3 is 18.9 Å². The Balaban J connectivity index is 1.67. The van der Waals surface area contributed by atoms with Crippen LogP contribution in [0.3, 0.4) is 0 Å². The highest BCUT2D eigenvalue weighted by atomic mass is 16.5. The zero-order valence-corrected chi connectivity index (χ0v) is 12.7. The number of nitrogens with zero attached hydrogens (tertiary/aromatic N) is 4. The zero-order valence-electron chi connectivity index (χ0n) is 12.7. The second-order valence-electron chi connectivity index (χ2n) is 5.28. The summed E-state index contributed by atoms with van der Waals surface area (Å²) < 4.78 is 10.5. The van der Waals surface area contributed by atoms with Gasteiger partial charge in [0.1, 0.15) is 35.4 Å². The Hall–Kier alpha value is -3.88. The van der Waals surface area contributed by atoms with Crippen molar-refractivity contribution in [3.05, 3.63) is 49.4 Å². The number of aromatic amines is 3. The van der Waals surface area contributed by atoms with Gasteiger partial charge in [-0.2, -0.15) is 5.10 Å². The highest BCUT2D eigenvalue weighted by Crippen LogP contribution is 2.38. The molecule has 0 atom stereocenters. The molecule has 0 radical (unpaired) electrons. The van der Waals surface area contributed by atoms with Crippen LogP contribution in [0.15, 0.2) is 58.4 Å². The van der Waals surface area contributed by atoms with Crippen molar-refractivity contribution < 1.29 is 8.94 Å². The molecule has 0 bridgehead atoms. The maximum Gasteiger partial charge on any atom is 0.244 e. The summed E-state index contributed by atoms with van der Waals surface area (Å²) in [5.41, 5.74) is 4.48. The van der Waals surface area contributed by atoms with E-state index in [0.29, 0.717) is 23.0 Å². The number of H-pyrrole nitrogens is 3. The van der Waals surface area contributed by atoms with E-state index in [9.17, 15) is 0 Å². The van der Waals surface area contributed by atoms with Gasteiger partial charge in [0.15, 0.2) is 0 Å². The minimum absolute atomic E-state index is 0.431. The van der Waals surface area contributed by atoms with Gasteiger partial charge in [-0.25, -0.2) is 9.97 Å². The monoisotopic (exact) mass is 333 g/mol. The van der Waals surface area contributed by atoms with Gasteiger partial charge in [-0.15, -0.1) is 0 Å². The summed E-state index contributed by atoms with van der Waals surface area (Å²) in [6, 6.07) is 3.60. The molecule has 25 heavy (non-hydrogen) atoms. The Labute approximate surface area is 140 Å². The first-order valence-corrected chi connectivity index (χ1v) is 7.47. The van der Waals surface area contributed by atoms with Crippen LogP contribution in [0.5, 0.6) is 0 Å². The van der Waals surface area contributed by atoms with Crippen LogP contribution < -0.4 is 0 Å². The first-order valence-electron chi connectivity index (χ1n) is 7.47. The average Bonchev–Trinajstić information content (AvgIpc) is 3.48. The zero-order chi connectivity index (χ0) is 16.6. The standard InChI is InChI=1S/C16H11N7O2/c1-3-20-22-11(1)13-9(15-17-4-5-18-15)7-19-14(13)16-21-12(8-24-16)10-2-6-25-23-10/h1-8,19H,(H,17,18)(H,20,22). The molecule has 0 aliphatic heterocycles. The molecule has 5 aromatic heterocycles. The molecule has 5 aromatic rings. The van der Waals surface area contributed by atoms with Crippen LogP contribution in [0.2, 0.25) is 0 Å². The van der Waals surface area contributed by atoms with Crippen LogP contribution in [0.4, 0.5) is 0 Å². The second kappa shape index (κ2) is 5.34. The Morgan fingerprint density at radius 2 is 2.04 bits per heavy atom. The molecule has 0 spiro atoms. The summed E-state index contributed by atoms with van der Waals surface area (Å²) in [7, 11) is 0. The van der Waals surface area contributed by atoms with E-state index in [-0.39, 0.29) is 0 Å². The maximum absolute atomic E-state index is 5.65. The van der Waals surface area contributed by atoms with Gasteiger partial charge in [-0.05, 0) is 6.07 Å². The van der Waals surface area contributed by atoms with Crippen LogP contribution >= 0.6 is 0 Å². The smallest absolute Gasteiger partial charge is 0.244 e. The van der Waals surface area contributed by atoms with Crippen LogP contribution in [0.25, 0.3) is 45.6 Å². The predicted octanol–water partition coefficient (Wildman–Crippen LogP) is 3.10. The number of imidazole rings is 1. The molecule has 5 rings (SSSR count). The van der Waals surface area contributed by atoms with Gasteiger partial charge in [-0.1, -0.05) is 5.16 Å². The molecule has 0 aromatic carbocycles. The Morgan fingerprint density at radius 1 is 1.04 bits per heavy atom. The Kier molecular flexibility index (Phi) is 2.89. The number of nitrogens with one attached hydrogen (secondary N) is 3. The topological polar surface area (TPSA) is 125 Å². The summed E-state index contributed by atoms with van der Waals surface area (Å²) in [6.07, 6.45) is 10.0. The molecule has 0 aliphatic carbocycles. The second-order valence-corrected chi connectivity index (χ2v) is 5.28.